The van der Waals surface area contributed by atoms with Crippen molar-refractivity contribution in [2.75, 3.05) is 19.1 Å². The van der Waals surface area contributed by atoms with Crippen LogP contribution in [-0.4, -0.2) is 26.4 Å². The fourth-order valence-corrected chi connectivity index (χ4v) is 3.75. The number of para-hydroxylation sites is 1. The normalized spacial score (nSPS) is 24.8. The highest BCUT2D eigenvalue weighted by molar-refractivity contribution is 5.94. The molecular formula is C18H20N2O4. The number of carbonyl (C=O) groups excluding carboxylic acids is 1. The lowest BCUT2D eigenvalue weighted by atomic mass is 9.69. The molecule has 6 heteroatoms. The maximum atomic E-state index is 12.5. The zero-order valence-electron chi connectivity index (χ0n) is 14.4. The van der Waals surface area contributed by atoms with Gasteiger partial charge in [-0.25, -0.2) is 4.79 Å². The molecular weight excluding hydrogens is 308 g/mol. The van der Waals surface area contributed by atoms with Crippen LogP contribution in [0.2, 0.25) is 0 Å². The molecule has 0 unspecified atom stereocenters. The van der Waals surface area contributed by atoms with Gasteiger partial charge in [-0.05, 0) is 6.07 Å². The van der Waals surface area contributed by atoms with E-state index in [2.05, 4.69) is 6.07 Å². The van der Waals surface area contributed by atoms with Crippen molar-refractivity contribution in [1.82, 2.24) is 0 Å². The summed E-state index contributed by atoms with van der Waals surface area (Å²) < 4.78 is 16.5. The number of carbonyl (C=O) groups is 1. The minimum Gasteiger partial charge on any atom is -0.468 e. The van der Waals surface area contributed by atoms with Gasteiger partial charge >= 0.3 is 6.09 Å². The monoisotopic (exact) mass is 328 g/mol. The first-order valence-corrected chi connectivity index (χ1v) is 7.67. The Hall–Kier alpha value is -2.68. The summed E-state index contributed by atoms with van der Waals surface area (Å²) in [5.74, 6) is 0.154. The van der Waals surface area contributed by atoms with Gasteiger partial charge in [0, 0.05) is 11.0 Å². The van der Waals surface area contributed by atoms with E-state index in [1.165, 1.54) is 19.1 Å². The molecule has 2 aliphatic heterocycles. The minimum atomic E-state index is -0.922. The van der Waals surface area contributed by atoms with Crippen LogP contribution in [0.15, 0.2) is 35.8 Å². The Bertz CT molecular complexity index is 772. The number of rotatable bonds is 1. The zero-order chi connectivity index (χ0) is 17.7. The van der Waals surface area contributed by atoms with Crippen molar-refractivity contribution in [1.29, 1.82) is 5.26 Å². The molecule has 0 saturated heterocycles. The molecule has 0 bridgehead atoms. The molecule has 0 fully saturated rings. The predicted octanol–water partition coefficient (Wildman–Crippen LogP) is 3.29. The molecule has 1 aromatic rings. The number of fused-ring (bicyclic) bond motifs is 3. The van der Waals surface area contributed by atoms with Gasteiger partial charge < -0.3 is 14.2 Å². The van der Waals surface area contributed by atoms with Gasteiger partial charge in [0.25, 0.3) is 5.95 Å². The van der Waals surface area contributed by atoms with Gasteiger partial charge in [0.2, 0.25) is 0 Å². The number of amides is 1. The molecule has 2 atom stereocenters. The lowest BCUT2D eigenvalue weighted by Gasteiger charge is -2.42. The molecule has 0 aliphatic carbocycles. The van der Waals surface area contributed by atoms with Crippen molar-refractivity contribution in [3.63, 3.8) is 0 Å². The Morgan fingerprint density at radius 1 is 1.33 bits per heavy atom. The highest BCUT2D eigenvalue weighted by Crippen LogP contribution is 2.61. The Labute approximate surface area is 141 Å². The SMILES string of the molecule is COC(=O)N1c2ccccc2[C@]2(C(C)(C)C)OC(OC)=C(C#N)[C@H]12. The molecule has 24 heavy (non-hydrogen) atoms. The lowest BCUT2D eigenvalue weighted by molar-refractivity contribution is -0.111. The summed E-state index contributed by atoms with van der Waals surface area (Å²) in [4.78, 5) is 14.0. The average molecular weight is 328 g/mol. The fourth-order valence-electron chi connectivity index (χ4n) is 3.75. The smallest absolute Gasteiger partial charge is 0.414 e. The lowest BCUT2D eigenvalue weighted by Crippen LogP contribution is -2.52. The van der Waals surface area contributed by atoms with E-state index in [0.29, 0.717) is 5.69 Å². The highest BCUT2D eigenvalue weighted by Gasteiger charge is 2.67. The van der Waals surface area contributed by atoms with E-state index in [1.54, 1.807) is 0 Å². The van der Waals surface area contributed by atoms with E-state index in [-0.39, 0.29) is 11.5 Å². The minimum absolute atomic E-state index is 0.154. The number of nitrogens with zero attached hydrogens (tertiary/aromatic N) is 2. The van der Waals surface area contributed by atoms with Crippen LogP contribution in [0.25, 0.3) is 0 Å². The number of benzene rings is 1. The molecule has 0 N–H and O–H groups in total. The highest BCUT2D eigenvalue weighted by atomic mass is 16.7. The summed E-state index contributed by atoms with van der Waals surface area (Å²) >= 11 is 0. The molecule has 1 amide bonds. The number of methoxy groups -OCH3 is 2. The summed E-state index contributed by atoms with van der Waals surface area (Å²) in [5, 5.41) is 9.70. The van der Waals surface area contributed by atoms with Crippen LogP contribution in [0.5, 0.6) is 0 Å². The van der Waals surface area contributed by atoms with Crippen LogP contribution in [0.3, 0.4) is 0 Å². The fraction of sp³-hybridized carbons (Fsp3) is 0.444. The van der Waals surface area contributed by atoms with Gasteiger partial charge in [0.05, 0.1) is 19.9 Å². The van der Waals surface area contributed by atoms with E-state index in [0.717, 1.165) is 5.56 Å². The Kier molecular flexibility index (Phi) is 3.48. The van der Waals surface area contributed by atoms with Crippen LogP contribution in [0.1, 0.15) is 26.3 Å². The van der Waals surface area contributed by atoms with E-state index in [1.807, 2.05) is 45.0 Å². The average Bonchev–Trinajstić information content (AvgIpc) is 3.04. The molecule has 0 radical (unpaired) electrons. The number of ether oxygens (including phenoxy) is 3. The predicted molar refractivity (Wildman–Crippen MR) is 87.0 cm³/mol. The van der Waals surface area contributed by atoms with E-state index in [4.69, 9.17) is 14.2 Å². The summed E-state index contributed by atoms with van der Waals surface area (Å²) in [5.41, 5.74) is 0.474. The van der Waals surface area contributed by atoms with Gasteiger partial charge in [0.15, 0.2) is 5.60 Å². The maximum Gasteiger partial charge on any atom is 0.414 e. The molecule has 126 valence electrons. The first kappa shape index (κ1) is 16.2. The van der Waals surface area contributed by atoms with Gasteiger partial charge in [-0.3, -0.25) is 4.90 Å². The summed E-state index contributed by atoms with van der Waals surface area (Å²) in [6.45, 7) is 6.06. The molecule has 2 aliphatic rings. The van der Waals surface area contributed by atoms with Gasteiger partial charge in [-0.1, -0.05) is 39.0 Å². The van der Waals surface area contributed by atoms with Crippen molar-refractivity contribution in [3.8, 4) is 6.07 Å². The van der Waals surface area contributed by atoms with E-state index >= 15 is 0 Å². The van der Waals surface area contributed by atoms with Crippen molar-refractivity contribution >= 4 is 11.8 Å². The van der Waals surface area contributed by atoms with Gasteiger partial charge in [0.1, 0.15) is 17.7 Å². The molecule has 0 saturated carbocycles. The van der Waals surface area contributed by atoms with E-state index < -0.39 is 23.2 Å². The Balaban J connectivity index is 2.35. The molecule has 6 nitrogen and oxygen atoms in total. The quantitative estimate of drug-likeness (QED) is 0.791. The van der Waals surface area contributed by atoms with Gasteiger partial charge in [-0.15, -0.1) is 0 Å². The topological polar surface area (TPSA) is 71.8 Å². The maximum absolute atomic E-state index is 12.5. The first-order chi connectivity index (χ1) is 11.3. The van der Waals surface area contributed by atoms with Gasteiger partial charge in [-0.2, -0.15) is 5.26 Å². The summed E-state index contributed by atoms with van der Waals surface area (Å²) in [6.07, 6.45) is -0.535. The van der Waals surface area contributed by atoms with Crippen molar-refractivity contribution in [2.45, 2.75) is 32.4 Å². The standard InChI is InChI=1S/C18H20N2O4/c1-17(2,3)18-12-8-6-7-9-13(12)20(16(21)23-5)14(18)11(10-19)15(22-4)24-18/h6-9,14H,1-5H3/t14-,18-/m0/s1. The second-order valence-corrected chi connectivity index (χ2v) is 6.86. The second-order valence-electron chi connectivity index (χ2n) is 6.86. The largest absolute Gasteiger partial charge is 0.468 e. The third-order valence-corrected chi connectivity index (χ3v) is 4.75. The van der Waals surface area contributed by atoms with Crippen LogP contribution in [0.4, 0.5) is 10.5 Å². The van der Waals surface area contributed by atoms with E-state index in [9.17, 15) is 10.1 Å². The van der Waals surface area contributed by atoms with Crippen molar-refractivity contribution in [3.05, 3.63) is 41.3 Å². The molecule has 0 spiro atoms. The Morgan fingerprint density at radius 3 is 2.54 bits per heavy atom. The van der Waals surface area contributed by atoms with Crippen LogP contribution >= 0.6 is 0 Å². The summed E-state index contributed by atoms with van der Waals surface area (Å²) in [6, 6.07) is 9.02. The number of hydrogen-bond acceptors (Lipinski definition) is 5. The summed E-state index contributed by atoms with van der Waals surface area (Å²) in [7, 11) is 2.78. The van der Waals surface area contributed by atoms with Crippen molar-refractivity contribution < 1.29 is 19.0 Å². The number of anilines is 1. The van der Waals surface area contributed by atoms with Crippen molar-refractivity contribution in [2.24, 2.45) is 5.41 Å². The Morgan fingerprint density at radius 2 is 2.00 bits per heavy atom. The van der Waals surface area contributed by atoms with Crippen LogP contribution in [-0.2, 0) is 19.8 Å². The zero-order valence-corrected chi connectivity index (χ0v) is 14.4. The van der Waals surface area contributed by atoms with Crippen LogP contribution in [0, 0.1) is 16.7 Å². The molecule has 2 heterocycles. The third-order valence-electron chi connectivity index (χ3n) is 4.75. The number of nitriles is 1. The second kappa shape index (κ2) is 5.17. The molecule has 1 aromatic carbocycles. The third kappa shape index (κ3) is 1.78. The molecule has 0 aromatic heterocycles. The first-order valence-electron chi connectivity index (χ1n) is 7.67. The molecule has 3 rings (SSSR count). The number of hydrogen-bond donors (Lipinski definition) is 0. The van der Waals surface area contributed by atoms with Crippen LogP contribution < -0.4 is 4.90 Å².